The molecule has 0 aromatic heterocycles. The highest BCUT2D eigenvalue weighted by atomic mass is 35.5. The zero-order valence-electron chi connectivity index (χ0n) is 55.7. The summed E-state index contributed by atoms with van der Waals surface area (Å²) in [4.78, 5) is 67.5. The Morgan fingerprint density at radius 3 is 1.03 bits per heavy atom. The van der Waals surface area contributed by atoms with Crippen LogP contribution in [0.1, 0.15) is 129 Å². The van der Waals surface area contributed by atoms with E-state index in [-0.39, 0.29) is 119 Å². The molecule has 6 atom stereocenters. The first kappa shape index (κ1) is 79.4. The molecule has 23 heteroatoms. The number of halogens is 4. The van der Waals surface area contributed by atoms with Gasteiger partial charge in [-0.3, -0.25) is 28.8 Å². The fourth-order valence-electron chi connectivity index (χ4n) is 10.6. The molecule has 13 nitrogen and oxygen atoms in total. The largest absolute Gasteiger partial charge is 0.510 e. The van der Waals surface area contributed by atoms with Gasteiger partial charge in [-0.25, -0.2) is 8.78 Å². The second-order valence-electron chi connectivity index (χ2n) is 23.6. The lowest BCUT2D eigenvalue weighted by molar-refractivity contribution is -0.114. The van der Waals surface area contributed by atoms with Crippen molar-refractivity contribution in [1.82, 2.24) is 0 Å². The summed E-state index contributed by atoms with van der Waals surface area (Å²) < 4.78 is 25.8. The zero-order valence-corrected chi connectivity index (χ0v) is 62.1. The Hall–Kier alpha value is -6.92. The van der Waals surface area contributed by atoms with Crippen LogP contribution in [0.15, 0.2) is 201 Å². The molecule has 7 N–H and O–H groups in total. The van der Waals surface area contributed by atoms with Crippen LogP contribution in [0.4, 0.5) is 8.78 Å². The number of aliphatic hydroxyl groups is 7. The van der Waals surface area contributed by atoms with E-state index in [0.717, 1.165) is 33.4 Å². The fraction of sp³-hybridized carbons (Fsp3) is 0.289. The summed E-state index contributed by atoms with van der Waals surface area (Å²) in [5, 5.41) is 68.7. The average Bonchev–Trinajstić information content (AvgIpc) is 1.80. The molecule has 6 unspecified atom stereocenters. The third-order valence-corrected chi connectivity index (χ3v) is 24.8. The Labute approximate surface area is 610 Å². The molecule has 0 spiro atoms. The van der Waals surface area contributed by atoms with Crippen molar-refractivity contribution < 1.29 is 73.3 Å². The van der Waals surface area contributed by atoms with E-state index in [9.17, 15) is 68.2 Å². The maximum absolute atomic E-state index is 13.0. The van der Waals surface area contributed by atoms with Crippen LogP contribution in [0.3, 0.4) is 0 Å². The molecule has 0 saturated heterocycles. The predicted octanol–water partition coefficient (Wildman–Crippen LogP) is 19.3. The minimum Gasteiger partial charge on any atom is -0.510 e. The van der Waals surface area contributed by atoms with Gasteiger partial charge in [-0.05, 0) is 149 Å². The molecule has 6 aromatic carbocycles. The molecule has 0 fully saturated rings. The van der Waals surface area contributed by atoms with Crippen molar-refractivity contribution in [3.63, 3.8) is 0 Å². The number of aryl methyl sites for hydroxylation is 3. The molecule has 0 amide bonds. The number of carbonyl (C=O) groups is 6. The number of Topliss-reactive ketones (excluding diaryl/α,β-unsaturated/α-hetero) is 6. The van der Waals surface area contributed by atoms with Gasteiger partial charge in [0.1, 0.15) is 46.2 Å². The quantitative estimate of drug-likeness (QED) is 0.0568. The highest BCUT2D eigenvalue weighted by Crippen LogP contribution is 2.49. The van der Waals surface area contributed by atoms with Crippen molar-refractivity contribution >= 4 is 128 Å². The molecule has 12 rings (SSSR count). The van der Waals surface area contributed by atoms with Crippen LogP contribution in [0.25, 0.3) is 0 Å². The van der Waals surface area contributed by atoms with Gasteiger partial charge >= 0.3 is 0 Å². The first-order chi connectivity index (χ1) is 46.9. The number of hydrogen-bond acceptors (Lipinski definition) is 19. The molecule has 6 aromatic rings. The Balaban J connectivity index is 0.000000167. The minimum atomic E-state index is -0.331. The summed E-state index contributed by atoms with van der Waals surface area (Å²) >= 11 is 21.1. The van der Waals surface area contributed by atoms with Gasteiger partial charge in [-0.1, -0.05) is 126 Å². The van der Waals surface area contributed by atoms with Gasteiger partial charge in [0.15, 0.2) is 34.7 Å². The number of thioether (sulfide) groups is 6. The van der Waals surface area contributed by atoms with Gasteiger partial charge in [-0.2, -0.15) is 0 Å². The van der Waals surface area contributed by atoms with Crippen molar-refractivity contribution in [3.05, 3.63) is 279 Å². The molecule has 6 heterocycles. The Kier molecular flexibility index (Phi) is 29.4. The number of rotatable bonds is 13. The van der Waals surface area contributed by atoms with E-state index in [1.165, 1.54) is 118 Å². The van der Waals surface area contributed by atoms with Crippen LogP contribution in [0.2, 0.25) is 10.0 Å². The van der Waals surface area contributed by atoms with E-state index in [4.69, 9.17) is 28.3 Å². The Bertz CT molecular complexity index is 4150. The lowest BCUT2D eigenvalue weighted by Gasteiger charge is -2.12. The van der Waals surface area contributed by atoms with Crippen molar-refractivity contribution in [3.8, 4) is 0 Å². The van der Waals surface area contributed by atoms with E-state index in [0.29, 0.717) is 83.6 Å². The maximum atomic E-state index is 13.0. The SMILES string of the molecule is CC(=O)C1=C(O)C(c2ccc(C)c(C)c2)SC1.CC(=O)C1=C(O)C(c2ccc(C)cc2)SC1.CC(=O)C1=C(O)C(c2ccc(CO)cc2)SC1.CC(=O)C1=C(O)C(c2ccc(Cl)cc2Cl)SC1.CC(=O)C1=C(O)C(c2ccc(F)cc2)SC1.CC(=O)C1=C(O)C(c2cccc(F)c2)SC1. The second-order valence-corrected chi connectivity index (χ2v) is 31.0. The van der Waals surface area contributed by atoms with E-state index >= 15 is 0 Å². The highest BCUT2D eigenvalue weighted by molar-refractivity contribution is 8.01. The fourth-order valence-corrected chi connectivity index (χ4v) is 19.2. The van der Waals surface area contributed by atoms with Crippen molar-refractivity contribution in [2.75, 3.05) is 34.5 Å². The average molecular weight is 1500 g/mol. The smallest absolute Gasteiger partial charge is 0.160 e. The number of carbonyl (C=O) groups excluding carboxylic acids is 6. The van der Waals surface area contributed by atoms with E-state index < -0.39 is 0 Å². The van der Waals surface area contributed by atoms with Crippen LogP contribution < -0.4 is 0 Å². The van der Waals surface area contributed by atoms with Gasteiger partial charge in [-0.15, -0.1) is 70.6 Å². The van der Waals surface area contributed by atoms with Crippen LogP contribution >= 0.6 is 93.8 Å². The predicted molar refractivity (Wildman–Crippen MR) is 402 cm³/mol. The summed E-state index contributed by atoms with van der Waals surface area (Å²) in [6.07, 6.45) is 0. The van der Waals surface area contributed by atoms with Crippen molar-refractivity contribution in [2.45, 2.75) is 100 Å². The standard InChI is InChI=1S/C14H16O2S.C13H14O3S.C13H14O2S.C12H10Cl2O2S.2C12H11FO2S/c1-8-4-5-11(6-9(8)2)14-13(16)12(7-17-14)10(3)15;1-8(15)11-7-17-13(12(11)16)10-4-2-9(6-14)3-5-10;1-8-3-5-10(6-4-8)13-12(15)11(7-16-13)9(2)14;1-6(15)9-5-17-12(11(9)16)8-3-2-7(13)4-10(8)14;1-7(14)10-6-16-12(11(10)15)8-2-4-9(13)5-3-8;1-7(14)10-6-16-12(11(10)15)8-3-2-4-9(13)5-8/h4-6,14,16H,7H2,1-3H3;2-5,13-14,16H,6-7H2,1H3;3-6,13,15H,7H2,1-2H3;2-4,12,16H,5H2,1H3;2*2-5,12,15H,6H2,1H3. The molecule has 0 radical (unpaired) electrons. The van der Waals surface area contributed by atoms with Crippen molar-refractivity contribution in [2.24, 2.45) is 0 Å². The van der Waals surface area contributed by atoms with Crippen LogP contribution in [-0.2, 0) is 35.4 Å². The van der Waals surface area contributed by atoms with Gasteiger partial charge in [0.05, 0.1) is 38.1 Å². The molecule has 99 heavy (non-hydrogen) atoms. The van der Waals surface area contributed by atoms with E-state index in [1.54, 1.807) is 77.8 Å². The topological polar surface area (TPSA) is 244 Å². The summed E-state index contributed by atoms with van der Waals surface area (Å²) in [5.41, 5.74) is 12.9. The molecule has 0 bridgehead atoms. The summed E-state index contributed by atoms with van der Waals surface area (Å²) in [6, 6.07) is 38.9. The van der Waals surface area contributed by atoms with Crippen molar-refractivity contribution in [1.29, 1.82) is 0 Å². The third kappa shape index (κ3) is 20.7. The summed E-state index contributed by atoms with van der Waals surface area (Å²) in [7, 11) is 0. The van der Waals surface area contributed by atoms with Crippen LogP contribution in [-0.4, -0.2) is 105 Å². The molecule has 0 aliphatic carbocycles. The number of ketones is 6. The first-order valence-corrected chi connectivity index (χ1v) is 38.0. The van der Waals surface area contributed by atoms with Crippen LogP contribution in [0.5, 0.6) is 0 Å². The molecule has 6 aliphatic heterocycles. The number of hydrogen-bond donors (Lipinski definition) is 7. The van der Waals surface area contributed by atoms with Crippen LogP contribution in [0, 0.1) is 32.4 Å². The van der Waals surface area contributed by atoms with Gasteiger partial charge < -0.3 is 35.7 Å². The molecular weight excluding hydrogens is 1420 g/mol. The van der Waals surface area contributed by atoms with E-state index in [2.05, 4.69) is 26.0 Å². The first-order valence-electron chi connectivity index (χ1n) is 31.0. The number of benzene rings is 6. The molecular formula is C76H76Cl2F2O13S6. The lowest BCUT2D eigenvalue weighted by atomic mass is 10.0. The molecule has 522 valence electrons. The normalized spacial score (nSPS) is 20.0. The summed E-state index contributed by atoms with van der Waals surface area (Å²) in [6.45, 7) is 15.0. The van der Waals surface area contributed by atoms with Gasteiger partial charge in [0.2, 0.25) is 0 Å². The zero-order chi connectivity index (χ0) is 72.7. The monoisotopic (exact) mass is 1500 g/mol. The molecule has 6 aliphatic rings. The lowest BCUT2D eigenvalue weighted by Crippen LogP contribution is -2.01. The van der Waals surface area contributed by atoms with E-state index in [1.807, 2.05) is 61.5 Å². The maximum Gasteiger partial charge on any atom is 0.160 e. The Morgan fingerprint density at radius 1 is 0.374 bits per heavy atom. The highest BCUT2D eigenvalue weighted by Gasteiger charge is 2.35. The minimum absolute atomic E-state index is 0.0125. The second kappa shape index (κ2) is 36.6. The third-order valence-electron chi connectivity index (χ3n) is 16.5. The molecule has 0 saturated carbocycles. The summed E-state index contributed by atoms with van der Waals surface area (Å²) in [5.74, 6) is 3.20. The number of aliphatic hydroxyl groups excluding tert-OH is 7. The van der Waals surface area contributed by atoms with Gasteiger partial charge in [0.25, 0.3) is 0 Å². The Morgan fingerprint density at radius 2 is 0.697 bits per heavy atom. The van der Waals surface area contributed by atoms with Gasteiger partial charge in [0, 0.05) is 78.0 Å².